The molecule has 36 heavy (non-hydrogen) atoms. The molecule has 3 rings (SSSR count). The summed E-state index contributed by atoms with van der Waals surface area (Å²) in [6.07, 6.45) is 9.02. The fraction of sp³-hybridized carbons (Fsp3) is 0.429. The van der Waals surface area contributed by atoms with Gasteiger partial charge in [0.2, 0.25) is 21.8 Å². The molecular weight excluding hydrogens is 474 g/mol. The van der Waals surface area contributed by atoms with Crippen molar-refractivity contribution >= 4 is 21.8 Å². The van der Waals surface area contributed by atoms with Crippen molar-refractivity contribution < 1.29 is 18.0 Å². The van der Waals surface area contributed by atoms with Crippen molar-refractivity contribution in [2.24, 2.45) is 0 Å². The summed E-state index contributed by atoms with van der Waals surface area (Å²) in [7, 11) is -2.18. The van der Waals surface area contributed by atoms with Crippen molar-refractivity contribution in [1.82, 2.24) is 14.5 Å². The second kappa shape index (κ2) is 13.4. The summed E-state index contributed by atoms with van der Waals surface area (Å²) < 4.78 is 25.0. The van der Waals surface area contributed by atoms with E-state index in [4.69, 9.17) is 0 Å². The lowest BCUT2D eigenvalue weighted by Crippen LogP contribution is -2.53. The molecule has 0 bridgehead atoms. The molecular formula is C28H37N3O4S. The van der Waals surface area contributed by atoms with Gasteiger partial charge in [-0.2, -0.15) is 4.31 Å². The highest BCUT2D eigenvalue weighted by Crippen LogP contribution is 2.20. The van der Waals surface area contributed by atoms with Crippen LogP contribution in [0.2, 0.25) is 0 Å². The molecule has 1 aliphatic rings. The van der Waals surface area contributed by atoms with Gasteiger partial charge in [-0.3, -0.25) is 9.59 Å². The minimum Gasteiger partial charge on any atom is -0.354 e. The topological polar surface area (TPSA) is 86.8 Å². The first-order chi connectivity index (χ1) is 17.2. The van der Waals surface area contributed by atoms with Gasteiger partial charge < -0.3 is 10.2 Å². The van der Waals surface area contributed by atoms with Gasteiger partial charge in [-0.05, 0) is 43.2 Å². The molecule has 1 atom stereocenters. The molecule has 194 valence electrons. The maximum absolute atomic E-state index is 13.6. The first-order valence-electron chi connectivity index (χ1n) is 12.5. The van der Waals surface area contributed by atoms with Crippen LogP contribution in [0.4, 0.5) is 0 Å². The maximum atomic E-state index is 13.6. The third kappa shape index (κ3) is 8.60. The average molecular weight is 512 g/mol. The highest BCUT2D eigenvalue weighted by atomic mass is 32.2. The van der Waals surface area contributed by atoms with Crippen molar-refractivity contribution in [2.45, 2.75) is 51.1 Å². The molecule has 0 aliphatic heterocycles. The molecule has 1 aliphatic carbocycles. The average Bonchev–Trinajstić information content (AvgIpc) is 2.87. The van der Waals surface area contributed by atoms with Crippen molar-refractivity contribution in [3.05, 3.63) is 83.4 Å². The molecule has 2 aromatic carbocycles. The molecule has 8 heteroatoms. The van der Waals surface area contributed by atoms with Crippen LogP contribution in [0.25, 0.3) is 0 Å². The Morgan fingerprint density at radius 3 is 2.19 bits per heavy atom. The molecule has 0 spiro atoms. The first-order valence-corrected chi connectivity index (χ1v) is 14.3. The number of hydrogen-bond donors (Lipinski definition) is 1. The Morgan fingerprint density at radius 2 is 1.61 bits per heavy atom. The summed E-state index contributed by atoms with van der Waals surface area (Å²) in [4.78, 5) is 28.6. The Hall–Kier alpha value is -2.97. The van der Waals surface area contributed by atoms with Crippen molar-refractivity contribution in [2.75, 3.05) is 26.4 Å². The standard InChI is InChI=1S/C28H37N3O4S/c1-30(36(2,34)35)22-27(32)31(21-25-16-10-5-11-17-25)26(20-24-14-8-4-9-15-24)28(33)29-19-18-23-12-6-3-7-13-23/h4-5,8-12,14-17,26H,3,6-7,13,18-22H2,1-2H3,(H,29,33)/t26-/m0/s1. The van der Waals surface area contributed by atoms with Gasteiger partial charge in [0.1, 0.15) is 6.04 Å². The Labute approximate surface area is 215 Å². The second-order valence-electron chi connectivity index (χ2n) is 9.38. The summed E-state index contributed by atoms with van der Waals surface area (Å²) in [5.74, 6) is -0.653. The highest BCUT2D eigenvalue weighted by molar-refractivity contribution is 7.88. The van der Waals surface area contributed by atoms with Crippen LogP contribution in [0.15, 0.2) is 72.3 Å². The van der Waals surface area contributed by atoms with Gasteiger partial charge in [-0.15, -0.1) is 0 Å². The molecule has 7 nitrogen and oxygen atoms in total. The van der Waals surface area contributed by atoms with Crippen LogP contribution in [-0.4, -0.2) is 61.9 Å². The largest absolute Gasteiger partial charge is 0.354 e. The summed E-state index contributed by atoms with van der Waals surface area (Å²) in [6, 6.07) is 18.2. The van der Waals surface area contributed by atoms with E-state index in [1.807, 2.05) is 60.7 Å². The molecule has 0 aromatic heterocycles. The minimum absolute atomic E-state index is 0.202. The Bertz CT molecular complexity index is 1130. The van der Waals surface area contributed by atoms with Crippen LogP contribution >= 0.6 is 0 Å². The number of carbonyl (C=O) groups excluding carboxylic acids is 2. The normalized spacial score (nSPS) is 14.7. The van der Waals surface area contributed by atoms with E-state index >= 15 is 0 Å². The lowest BCUT2D eigenvalue weighted by Gasteiger charge is -2.32. The summed E-state index contributed by atoms with van der Waals surface area (Å²) in [5.41, 5.74) is 3.16. The number of hydrogen-bond acceptors (Lipinski definition) is 4. The van der Waals surface area contributed by atoms with Crippen molar-refractivity contribution in [3.63, 3.8) is 0 Å². The number of amides is 2. The molecule has 2 amide bonds. The van der Waals surface area contributed by atoms with Crippen molar-refractivity contribution in [3.8, 4) is 0 Å². The molecule has 2 aromatic rings. The number of allylic oxidation sites excluding steroid dienone is 1. The van der Waals surface area contributed by atoms with Crippen LogP contribution in [0.3, 0.4) is 0 Å². The van der Waals surface area contributed by atoms with Gasteiger partial charge in [0.05, 0.1) is 12.8 Å². The first kappa shape index (κ1) is 27.6. The van der Waals surface area contributed by atoms with Crippen LogP contribution in [0.1, 0.15) is 43.2 Å². The van der Waals surface area contributed by atoms with Gasteiger partial charge in [-0.25, -0.2) is 8.42 Å². The smallest absolute Gasteiger partial charge is 0.243 e. The number of sulfonamides is 1. The quantitative estimate of drug-likeness (QED) is 0.442. The lowest BCUT2D eigenvalue weighted by molar-refractivity contribution is -0.141. The summed E-state index contributed by atoms with van der Waals surface area (Å²) in [5, 5.41) is 3.05. The zero-order valence-electron chi connectivity index (χ0n) is 21.2. The van der Waals surface area contributed by atoms with Gasteiger partial charge in [0.25, 0.3) is 0 Å². The molecule has 0 heterocycles. The number of rotatable bonds is 12. The van der Waals surface area contributed by atoms with Crippen LogP contribution in [0, 0.1) is 0 Å². The van der Waals surface area contributed by atoms with E-state index in [9.17, 15) is 18.0 Å². The maximum Gasteiger partial charge on any atom is 0.243 e. The zero-order chi connectivity index (χ0) is 26.0. The fourth-order valence-corrected chi connectivity index (χ4v) is 4.67. The second-order valence-corrected chi connectivity index (χ2v) is 11.5. The molecule has 1 N–H and O–H groups in total. The SMILES string of the molecule is CN(CC(=O)N(Cc1ccccc1)[C@@H](Cc1ccccc1)C(=O)NCCC1=CCCCC1)S(C)(=O)=O. The van der Waals surface area contributed by atoms with E-state index in [-0.39, 0.29) is 19.0 Å². The third-order valence-corrected chi connectivity index (χ3v) is 7.78. The molecule has 0 saturated carbocycles. The van der Waals surface area contributed by atoms with E-state index in [1.54, 1.807) is 0 Å². The Morgan fingerprint density at radius 1 is 0.972 bits per heavy atom. The van der Waals surface area contributed by atoms with Gasteiger partial charge in [0.15, 0.2) is 0 Å². The van der Waals surface area contributed by atoms with Crippen LogP contribution in [-0.2, 0) is 32.6 Å². The predicted molar refractivity (Wildman–Crippen MR) is 143 cm³/mol. The number of nitrogens with zero attached hydrogens (tertiary/aromatic N) is 2. The summed E-state index contributed by atoms with van der Waals surface area (Å²) in [6.45, 7) is 0.372. The van der Waals surface area contributed by atoms with Crippen LogP contribution < -0.4 is 5.32 Å². The molecule has 0 saturated heterocycles. The molecule has 0 radical (unpaired) electrons. The zero-order valence-corrected chi connectivity index (χ0v) is 22.0. The third-order valence-electron chi connectivity index (χ3n) is 6.52. The van der Waals surface area contributed by atoms with E-state index in [2.05, 4.69) is 11.4 Å². The van der Waals surface area contributed by atoms with E-state index in [0.717, 1.165) is 41.0 Å². The Balaban J connectivity index is 1.85. The molecule has 0 unspecified atom stereocenters. The minimum atomic E-state index is -3.56. The van der Waals surface area contributed by atoms with E-state index in [0.29, 0.717) is 13.0 Å². The van der Waals surface area contributed by atoms with E-state index < -0.39 is 22.0 Å². The predicted octanol–water partition coefficient (Wildman–Crippen LogP) is 3.52. The fourth-order valence-electron chi connectivity index (χ4n) is 4.33. The lowest BCUT2D eigenvalue weighted by atomic mass is 9.97. The summed E-state index contributed by atoms with van der Waals surface area (Å²) >= 11 is 0. The van der Waals surface area contributed by atoms with E-state index in [1.165, 1.54) is 30.4 Å². The van der Waals surface area contributed by atoms with Gasteiger partial charge in [0, 0.05) is 26.6 Å². The highest BCUT2D eigenvalue weighted by Gasteiger charge is 2.31. The van der Waals surface area contributed by atoms with Gasteiger partial charge >= 0.3 is 0 Å². The van der Waals surface area contributed by atoms with Crippen molar-refractivity contribution in [1.29, 1.82) is 0 Å². The van der Waals surface area contributed by atoms with Crippen LogP contribution in [0.5, 0.6) is 0 Å². The van der Waals surface area contributed by atoms with Gasteiger partial charge in [-0.1, -0.05) is 72.3 Å². The number of benzene rings is 2. The monoisotopic (exact) mass is 511 g/mol. The number of likely N-dealkylation sites (N-methyl/N-ethyl adjacent to an activating group) is 1. The number of carbonyl (C=O) groups is 2. The number of nitrogens with one attached hydrogen (secondary N) is 1. The Kier molecular flexibility index (Phi) is 10.3. The molecule has 0 fully saturated rings.